The smallest absolute Gasteiger partial charge is 0.367 e. The van der Waals surface area contributed by atoms with E-state index in [4.69, 9.17) is 9.84 Å². The number of benzene rings is 1. The summed E-state index contributed by atoms with van der Waals surface area (Å²) in [5.74, 6) is -0.478. The van der Waals surface area contributed by atoms with Crippen LogP contribution >= 0.6 is 0 Å². The molecule has 0 spiro atoms. The van der Waals surface area contributed by atoms with Gasteiger partial charge in [-0.1, -0.05) is 30.3 Å². The van der Waals surface area contributed by atoms with Gasteiger partial charge >= 0.3 is 5.97 Å². The molecule has 0 aliphatic rings. The molecule has 1 aromatic rings. The van der Waals surface area contributed by atoms with E-state index in [-0.39, 0.29) is 6.61 Å². The van der Waals surface area contributed by atoms with E-state index in [9.17, 15) is 4.79 Å². The summed E-state index contributed by atoms with van der Waals surface area (Å²) in [5.41, 5.74) is 4.45. The average molecular weight is 210 g/mol. The summed E-state index contributed by atoms with van der Waals surface area (Å²) in [6.45, 7) is 1.74. The summed E-state index contributed by atoms with van der Waals surface area (Å²) in [5, 5.41) is 9.13. The third-order valence-electron chi connectivity index (χ3n) is 2.11. The van der Waals surface area contributed by atoms with Crippen LogP contribution < -0.4 is 5.73 Å². The van der Waals surface area contributed by atoms with E-state index in [0.717, 1.165) is 5.56 Å². The van der Waals surface area contributed by atoms with Gasteiger partial charge in [0.2, 0.25) is 6.04 Å². The van der Waals surface area contributed by atoms with Crippen LogP contribution in [0, 0.1) is 0 Å². The number of carbonyl (C=O) groups is 1. The summed E-state index contributed by atoms with van der Waals surface area (Å²) in [6, 6.07) is 8.65. The molecule has 82 valence electrons. The lowest BCUT2D eigenvalue weighted by molar-refractivity contribution is -0.424. The van der Waals surface area contributed by atoms with Crippen LogP contribution in [0.3, 0.4) is 0 Å². The topological polar surface area (TPSA) is 74.2 Å². The number of hydrogen-bond acceptors (Lipinski definition) is 3. The Labute approximate surface area is 88.7 Å². The lowest BCUT2D eigenvalue weighted by Crippen LogP contribution is -2.69. The van der Waals surface area contributed by atoms with E-state index >= 15 is 0 Å². The number of aliphatic hydroxyl groups excluding tert-OH is 1. The highest BCUT2D eigenvalue weighted by molar-refractivity contribution is 5.74. The van der Waals surface area contributed by atoms with Gasteiger partial charge in [-0.15, -0.1) is 0 Å². The van der Waals surface area contributed by atoms with Crippen molar-refractivity contribution in [2.45, 2.75) is 25.7 Å². The molecule has 15 heavy (non-hydrogen) atoms. The van der Waals surface area contributed by atoms with Crippen LogP contribution in [0.1, 0.15) is 12.5 Å². The first-order valence-electron chi connectivity index (χ1n) is 4.83. The van der Waals surface area contributed by atoms with E-state index < -0.39 is 18.1 Å². The predicted molar refractivity (Wildman–Crippen MR) is 54.6 cm³/mol. The molecule has 0 bridgehead atoms. The quantitative estimate of drug-likeness (QED) is 0.671. The fourth-order valence-corrected chi connectivity index (χ4v) is 1.03. The van der Waals surface area contributed by atoms with Gasteiger partial charge in [-0.05, 0) is 12.5 Å². The van der Waals surface area contributed by atoms with Crippen LogP contribution in [0.15, 0.2) is 30.3 Å². The highest BCUT2D eigenvalue weighted by Gasteiger charge is 2.24. The fraction of sp³-hybridized carbons (Fsp3) is 0.364. The van der Waals surface area contributed by atoms with Crippen molar-refractivity contribution in [2.75, 3.05) is 0 Å². The molecule has 0 fully saturated rings. The van der Waals surface area contributed by atoms with Crippen LogP contribution in [0.5, 0.6) is 0 Å². The first kappa shape index (κ1) is 11.7. The molecular weight excluding hydrogens is 194 g/mol. The van der Waals surface area contributed by atoms with Gasteiger partial charge in [0.15, 0.2) is 0 Å². The molecule has 0 amide bonds. The maximum absolute atomic E-state index is 11.3. The van der Waals surface area contributed by atoms with Crippen molar-refractivity contribution in [2.24, 2.45) is 0 Å². The number of rotatable bonds is 4. The van der Waals surface area contributed by atoms with Crippen molar-refractivity contribution in [3.63, 3.8) is 0 Å². The maximum atomic E-state index is 11.3. The van der Waals surface area contributed by atoms with Gasteiger partial charge in [-0.2, -0.15) is 0 Å². The Balaban J connectivity index is 2.41. The van der Waals surface area contributed by atoms with E-state index in [1.54, 1.807) is 0 Å². The molecule has 0 heterocycles. The zero-order valence-electron chi connectivity index (χ0n) is 8.72. The summed E-state index contributed by atoms with van der Waals surface area (Å²) >= 11 is 0. The van der Waals surface area contributed by atoms with Gasteiger partial charge in [0.1, 0.15) is 12.7 Å². The average Bonchev–Trinajstić information content (AvgIpc) is 2.26. The Kier molecular flexibility index (Phi) is 4.27. The molecule has 4 nitrogen and oxygen atoms in total. The van der Waals surface area contributed by atoms with Gasteiger partial charge < -0.3 is 15.6 Å². The zero-order chi connectivity index (χ0) is 11.3. The minimum absolute atomic E-state index is 0.221. The van der Waals surface area contributed by atoms with Crippen molar-refractivity contribution in [3.8, 4) is 0 Å². The number of ether oxygens (including phenoxy) is 1. The Hall–Kier alpha value is -1.39. The molecular formula is C11H16NO3+. The second kappa shape index (κ2) is 5.48. The molecule has 4 N–H and O–H groups in total. The number of carbonyl (C=O) groups excluding carboxylic acids is 1. The summed E-state index contributed by atoms with van der Waals surface area (Å²) in [4.78, 5) is 11.3. The van der Waals surface area contributed by atoms with Gasteiger partial charge in [-0.3, -0.25) is 0 Å². The van der Waals surface area contributed by atoms with Crippen LogP contribution in [-0.4, -0.2) is 23.2 Å². The molecule has 0 unspecified atom stereocenters. The highest BCUT2D eigenvalue weighted by Crippen LogP contribution is 2.01. The van der Waals surface area contributed by atoms with Gasteiger partial charge in [-0.25, -0.2) is 4.79 Å². The van der Waals surface area contributed by atoms with Crippen molar-refractivity contribution in [1.29, 1.82) is 0 Å². The summed E-state index contributed by atoms with van der Waals surface area (Å²) < 4.78 is 4.99. The SMILES string of the molecule is C[C@H](O)[C@@H]([NH3+])C(=O)OCc1ccccc1. The summed E-state index contributed by atoms with van der Waals surface area (Å²) in [6.07, 6.45) is -0.784. The van der Waals surface area contributed by atoms with E-state index in [1.165, 1.54) is 6.92 Å². The van der Waals surface area contributed by atoms with Crippen molar-refractivity contribution in [3.05, 3.63) is 35.9 Å². The molecule has 0 aliphatic heterocycles. The number of aliphatic hydroxyl groups is 1. The van der Waals surface area contributed by atoms with E-state index in [1.807, 2.05) is 30.3 Å². The standard InChI is InChI=1S/C11H15NO3/c1-8(13)10(12)11(14)15-7-9-5-3-2-4-6-9/h2-6,8,10,13H,7,12H2,1H3/p+1/t8-,10+/m0/s1. The normalized spacial score (nSPS) is 14.3. The Morgan fingerprint density at radius 3 is 2.60 bits per heavy atom. The Bertz CT molecular complexity index is 311. The van der Waals surface area contributed by atoms with Gasteiger partial charge in [0.05, 0.1) is 0 Å². The van der Waals surface area contributed by atoms with E-state index in [0.29, 0.717) is 0 Å². The van der Waals surface area contributed by atoms with Crippen LogP contribution in [0.25, 0.3) is 0 Å². The van der Waals surface area contributed by atoms with E-state index in [2.05, 4.69) is 5.73 Å². The minimum Gasteiger partial charge on any atom is -0.456 e. The third kappa shape index (κ3) is 3.69. The molecule has 1 aromatic carbocycles. The third-order valence-corrected chi connectivity index (χ3v) is 2.11. The second-order valence-corrected chi connectivity index (χ2v) is 3.44. The van der Waals surface area contributed by atoms with Gasteiger partial charge in [0.25, 0.3) is 0 Å². The largest absolute Gasteiger partial charge is 0.456 e. The second-order valence-electron chi connectivity index (χ2n) is 3.44. The molecule has 0 aliphatic carbocycles. The van der Waals surface area contributed by atoms with Gasteiger partial charge in [0, 0.05) is 0 Å². The lowest BCUT2D eigenvalue weighted by Gasteiger charge is -2.10. The lowest BCUT2D eigenvalue weighted by atomic mass is 10.2. The molecule has 0 aromatic heterocycles. The highest BCUT2D eigenvalue weighted by atomic mass is 16.5. The molecule has 4 heteroatoms. The monoisotopic (exact) mass is 210 g/mol. The van der Waals surface area contributed by atoms with Crippen molar-refractivity contribution >= 4 is 5.97 Å². The number of quaternary nitrogens is 1. The Morgan fingerprint density at radius 1 is 1.47 bits per heavy atom. The minimum atomic E-state index is -0.784. The molecule has 1 rings (SSSR count). The first-order valence-corrected chi connectivity index (χ1v) is 4.83. The zero-order valence-corrected chi connectivity index (χ0v) is 8.72. The fourth-order valence-electron chi connectivity index (χ4n) is 1.03. The summed E-state index contributed by atoms with van der Waals surface area (Å²) in [7, 11) is 0. The number of esters is 1. The van der Waals surface area contributed by atoms with Crippen LogP contribution in [-0.2, 0) is 16.1 Å². The molecule has 0 saturated carbocycles. The molecule has 0 radical (unpaired) electrons. The van der Waals surface area contributed by atoms with Crippen molar-refractivity contribution in [1.82, 2.24) is 0 Å². The molecule has 2 atom stereocenters. The van der Waals surface area contributed by atoms with Crippen molar-refractivity contribution < 1.29 is 20.4 Å². The maximum Gasteiger partial charge on any atom is 0.367 e. The van der Waals surface area contributed by atoms with Crippen LogP contribution in [0.2, 0.25) is 0 Å². The first-order chi connectivity index (χ1) is 7.11. The Morgan fingerprint density at radius 2 is 2.07 bits per heavy atom. The predicted octanol–water partition coefficient (Wildman–Crippen LogP) is -0.279. The molecule has 0 saturated heterocycles. The number of hydrogen-bond donors (Lipinski definition) is 2. The van der Waals surface area contributed by atoms with Crippen LogP contribution in [0.4, 0.5) is 0 Å².